The lowest BCUT2D eigenvalue weighted by Gasteiger charge is -2.27. The Bertz CT molecular complexity index is 1530. The molecule has 0 aliphatic carbocycles. The second-order valence-corrected chi connectivity index (χ2v) is 17.4. The summed E-state index contributed by atoms with van der Waals surface area (Å²) >= 11 is 0. The average Bonchev–Trinajstić information content (AvgIpc) is 2.94. The van der Waals surface area contributed by atoms with E-state index in [1.165, 1.54) is 44.0 Å². The molecular formula is C40H52O2P2. The summed E-state index contributed by atoms with van der Waals surface area (Å²) in [7, 11) is 0.518. The highest BCUT2D eigenvalue weighted by Gasteiger charge is 2.23. The highest BCUT2D eigenvalue weighted by atomic mass is 31.1. The van der Waals surface area contributed by atoms with Crippen LogP contribution in [0.2, 0.25) is 0 Å². The third-order valence-electron chi connectivity index (χ3n) is 7.81. The van der Waals surface area contributed by atoms with Crippen molar-refractivity contribution < 1.29 is 9.05 Å². The number of benzene rings is 4. The summed E-state index contributed by atoms with van der Waals surface area (Å²) in [5.41, 5.74) is 7.81. The summed E-state index contributed by atoms with van der Waals surface area (Å²) in [4.78, 5) is 0. The molecule has 0 aromatic heterocycles. The molecule has 2 atom stereocenters. The van der Waals surface area contributed by atoms with E-state index in [1.807, 2.05) is 0 Å². The van der Waals surface area contributed by atoms with Crippen LogP contribution in [0.5, 0.6) is 11.5 Å². The van der Waals surface area contributed by atoms with Crippen molar-refractivity contribution in [3.8, 4) is 22.6 Å². The largest absolute Gasteiger partial charge is 0.472 e. The number of rotatable bonds is 9. The van der Waals surface area contributed by atoms with Crippen LogP contribution < -0.4 is 19.7 Å². The second-order valence-electron chi connectivity index (χ2n) is 15.5. The summed E-state index contributed by atoms with van der Waals surface area (Å²) < 4.78 is 12.8. The topological polar surface area (TPSA) is 18.5 Å². The minimum Gasteiger partial charge on any atom is -0.472 e. The molecule has 2 unspecified atom stereocenters. The van der Waals surface area contributed by atoms with Crippen molar-refractivity contribution >= 4 is 28.2 Å². The zero-order valence-corrected chi connectivity index (χ0v) is 30.7. The Kier molecular flexibility index (Phi) is 10.7. The normalized spacial score (nSPS) is 13.0. The molecule has 0 aliphatic rings. The first-order valence-electron chi connectivity index (χ1n) is 15.9. The molecule has 4 rings (SSSR count). The van der Waals surface area contributed by atoms with Gasteiger partial charge in [0.2, 0.25) is 0 Å². The number of hydrogen-bond donors (Lipinski definition) is 0. The molecule has 0 aliphatic heterocycles. The lowest BCUT2D eigenvalue weighted by Crippen LogP contribution is -2.17. The van der Waals surface area contributed by atoms with Gasteiger partial charge in [0.1, 0.15) is 29.1 Å². The maximum atomic E-state index is 6.41. The molecule has 0 fully saturated rings. The molecule has 0 radical (unpaired) electrons. The minimum absolute atomic E-state index is 0.00959. The number of hydrogen-bond acceptors (Lipinski definition) is 2. The van der Waals surface area contributed by atoms with Crippen molar-refractivity contribution in [2.45, 2.75) is 98.8 Å². The van der Waals surface area contributed by atoms with Crippen LogP contribution in [0.25, 0.3) is 11.1 Å². The third-order valence-corrected chi connectivity index (χ3v) is 9.59. The second kappa shape index (κ2) is 13.8. The van der Waals surface area contributed by atoms with Gasteiger partial charge in [0.25, 0.3) is 0 Å². The molecule has 234 valence electrons. The fraction of sp³-hybridized carbons (Fsp3) is 0.400. The molecule has 0 saturated carbocycles. The first kappa shape index (κ1) is 34.2. The lowest BCUT2D eigenvalue weighted by atomic mass is 9.80. The van der Waals surface area contributed by atoms with Gasteiger partial charge in [0.15, 0.2) is 0 Å². The Labute approximate surface area is 271 Å². The molecule has 2 nitrogen and oxygen atoms in total. The van der Waals surface area contributed by atoms with Gasteiger partial charge < -0.3 is 9.05 Å². The van der Waals surface area contributed by atoms with Crippen LogP contribution in [0.3, 0.4) is 0 Å². The van der Waals surface area contributed by atoms with Gasteiger partial charge in [-0.3, -0.25) is 0 Å². The summed E-state index contributed by atoms with van der Waals surface area (Å²) in [6.45, 7) is 24.9. The molecule has 4 heteroatoms. The van der Waals surface area contributed by atoms with E-state index in [9.17, 15) is 0 Å². The molecule has 0 heterocycles. The van der Waals surface area contributed by atoms with Crippen molar-refractivity contribution in [1.82, 2.24) is 0 Å². The van der Waals surface area contributed by atoms with Crippen molar-refractivity contribution in [2.75, 3.05) is 0 Å². The van der Waals surface area contributed by atoms with E-state index in [0.29, 0.717) is 5.92 Å². The van der Waals surface area contributed by atoms with Crippen LogP contribution in [-0.4, -0.2) is 0 Å². The molecule has 0 bridgehead atoms. The van der Waals surface area contributed by atoms with Gasteiger partial charge in [-0.1, -0.05) is 149 Å². The zero-order chi connectivity index (χ0) is 32.3. The molecular weight excluding hydrogens is 574 g/mol. The Balaban J connectivity index is 1.40. The SMILES string of the molecule is CC(C)Cc1ccc(OPc2ccc(-c3ccc(POc4ccc(C(C)(C)C)cc4C(C)(C)C)cc3)cc2)c(C(C)(C)C)c1. The summed E-state index contributed by atoms with van der Waals surface area (Å²) in [6, 6.07) is 30.9. The molecule has 0 amide bonds. The van der Waals surface area contributed by atoms with Gasteiger partial charge in [-0.25, -0.2) is 0 Å². The summed E-state index contributed by atoms with van der Waals surface area (Å²) in [5.74, 6) is 2.61. The maximum Gasteiger partial charge on any atom is 0.127 e. The molecule has 4 aromatic rings. The van der Waals surface area contributed by atoms with Gasteiger partial charge in [-0.05, 0) is 63.0 Å². The van der Waals surface area contributed by atoms with Crippen LogP contribution in [0, 0.1) is 5.92 Å². The van der Waals surface area contributed by atoms with Crippen LogP contribution in [-0.2, 0) is 22.7 Å². The Morgan fingerprint density at radius 1 is 0.523 bits per heavy atom. The van der Waals surface area contributed by atoms with E-state index >= 15 is 0 Å². The fourth-order valence-electron chi connectivity index (χ4n) is 5.21. The van der Waals surface area contributed by atoms with Crippen molar-refractivity contribution in [3.05, 3.63) is 107 Å². The average molecular weight is 627 g/mol. The molecule has 44 heavy (non-hydrogen) atoms. The van der Waals surface area contributed by atoms with Crippen LogP contribution in [0.1, 0.15) is 98.4 Å². The molecule has 4 aromatic carbocycles. The lowest BCUT2D eigenvalue weighted by molar-refractivity contribution is 0.534. The van der Waals surface area contributed by atoms with Gasteiger partial charge in [0.05, 0.1) is 0 Å². The first-order valence-corrected chi connectivity index (χ1v) is 17.7. The smallest absolute Gasteiger partial charge is 0.127 e. The summed E-state index contributed by atoms with van der Waals surface area (Å²) in [6.07, 6.45) is 1.09. The maximum absolute atomic E-state index is 6.41. The highest BCUT2D eigenvalue weighted by Crippen LogP contribution is 2.38. The quantitative estimate of drug-likeness (QED) is 0.172. The van der Waals surface area contributed by atoms with E-state index in [0.717, 1.165) is 17.9 Å². The van der Waals surface area contributed by atoms with Gasteiger partial charge in [0, 0.05) is 21.7 Å². The van der Waals surface area contributed by atoms with Crippen molar-refractivity contribution in [2.24, 2.45) is 5.92 Å². The van der Waals surface area contributed by atoms with Gasteiger partial charge in [-0.15, -0.1) is 0 Å². The van der Waals surface area contributed by atoms with E-state index < -0.39 is 0 Å². The van der Waals surface area contributed by atoms with E-state index in [1.54, 1.807) is 0 Å². The highest BCUT2D eigenvalue weighted by molar-refractivity contribution is 7.42. The molecule has 0 spiro atoms. The Hall–Kier alpha value is -2.66. The predicted molar refractivity (Wildman–Crippen MR) is 197 cm³/mol. The van der Waals surface area contributed by atoms with Gasteiger partial charge >= 0.3 is 0 Å². The molecule has 0 saturated heterocycles. The predicted octanol–water partition coefficient (Wildman–Crippen LogP) is 11.0. The Morgan fingerprint density at radius 2 is 0.955 bits per heavy atom. The van der Waals surface area contributed by atoms with Crippen molar-refractivity contribution in [1.29, 1.82) is 0 Å². The fourth-order valence-corrected chi connectivity index (χ4v) is 6.63. The van der Waals surface area contributed by atoms with E-state index in [4.69, 9.17) is 9.05 Å². The van der Waals surface area contributed by atoms with Crippen LogP contribution >= 0.6 is 17.6 Å². The minimum atomic E-state index is 0.00959. The first-order chi connectivity index (χ1) is 20.5. The van der Waals surface area contributed by atoms with Gasteiger partial charge in [-0.2, -0.15) is 0 Å². The van der Waals surface area contributed by atoms with E-state index in [-0.39, 0.29) is 33.9 Å². The monoisotopic (exact) mass is 626 g/mol. The molecule has 0 N–H and O–H groups in total. The Morgan fingerprint density at radius 3 is 1.36 bits per heavy atom. The zero-order valence-electron chi connectivity index (χ0n) is 28.7. The van der Waals surface area contributed by atoms with E-state index in [2.05, 4.69) is 161 Å². The summed E-state index contributed by atoms with van der Waals surface area (Å²) in [5, 5.41) is 2.38. The van der Waals surface area contributed by atoms with Crippen LogP contribution in [0.15, 0.2) is 84.9 Å². The third kappa shape index (κ3) is 9.19. The van der Waals surface area contributed by atoms with Crippen molar-refractivity contribution in [3.63, 3.8) is 0 Å². The van der Waals surface area contributed by atoms with Crippen LogP contribution in [0.4, 0.5) is 0 Å². The standard InChI is InChI=1S/C40H52O2P2/c1-27(2)24-28-12-22-36(34(25-28)39(6,7)8)41-43-32-18-13-29(14-19-32)30-15-20-33(21-16-30)44-42-37-23-17-31(38(3,4)5)26-35(37)40(9,10)11/h12-23,25-27,43-44H,24H2,1-11H3.